The number of nitrogens with two attached hydrogens (primary N) is 1. The van der Waals surface area contributed by atoms with Crippen LogP contribution in [0.15, 0.2) is 30.3 Å². The van der Waals surface area contributed by atoms with Crippen molar-refractivity contribution < 1.29 is 9.13 Å². The van der Waals surface area contributed by atoms with Crippen molar-refractivity contribution in [2.75, 3.05) is 6.54 Å². The van der Waals surface area contributed by atoms with Gasteiger partial charge in [-0.05, 0) is 43.8 Å². The summed E-state index contributed by atoms with van der Waals surface area (Å²) < 4.78 is 19.0. The summed E-state index contributed by atoms with van der Waals surface area (Å²) in [5.74, 6) is 0.219. The average Bonchev–Trinajstić information content (AvgIpc) is 2.47. The molecule has 0 aliphatic rings. The van der Waals surface area contributed by atoms with E-state index in [1.54, 1.807) is 0 Å². The van der Waals surface area contributed by atoms with Gasteiger partial charge in [0.1, 0.15) is 18.2 Å². The SMILES string of the molecule is Cc1ccc(OCc2cc(F)ccc2C#N)c(CCN)n1. The molecule has 1 aromatic heterocycles. The Kier molecular flexibility index (Phi) is 4.85. The first-order valence-corrected chi connectivity index (χ1v) is 6.62. The third kappa shape index (κ3) is 3.77. The van der Waals surface area contributed by atoms with Crippen LogP contribution in [-0.4, -0.2) is 11.5 Å². The zero-order chi connectivity index (χ0) is 15.2. The molecule has 21 heavy (non-hydrogen) atoms. The lowest BCUT2D eigenvalue weighted by molar-refractivity contribution is 0.300. The van der Waals surface area contributed by atoms with E-state index in [1.807, 2.05) is 25.1 Å². The molecule has 108 valence electrons. The molecule has 0 amide bonds. The highest BCUT2D eigenvalue weighted by atomic mass is 19.1. The maximum atomic E-state index is 13.3. The largest absolute Gasteiger partial charge is 0.487 e. The van der Waals surface area contributed by atoms with Crippen LogP contribution in [0.2, 0.25) is 0 Å². The first-order valence-electron chi connectivity index (χ1n) is 6.62. The molecule has 0 fully saturated rings. The van der Waals surface area contributed by atoms with Gasteiger partial charge in [0.25, 0.3) is 0 Å². The normalized spacial score (nSPS) is 10.2. The molecule has 1 aromatic carbocycles. The minimum absolute atomic E-state index is 0.114. The summed E-state index contributed by atoms with van der Waals surface area (Å²) >= 11 is 0. The van der Waals surface area contributed by atoms with Gasteiger partial charge in [-0.15, -0.1) is 0 Å². The number of halogens is 1. The number of nitriles is 1. The molecule has 0 aliphatic carbocycles. The first kappa shape index (κ1) is 14.9. The first-order chi connectivity index (χ1) is 10.1. The molecule has 0 spiro atoms. The third-order valence-corrected chi connectivity index (χ3v) is 3.02. The van der Waals surface area contributed by atoms with Gasteiger partial charge in [0, 0.05) is 17.7 Å². The van der Waals surface area contributed by atoms with E-state index in [0.717, 1.165) is 11.4 Å². The fourth-order valence-electron chi connectivity index (χ4n) is 1.99. The predicted molar refractivity (Wildman–Crippen MR) is 77.2 cm³/mol. The van der Waals surface area contributed by atoms with Crippen LogP contribution in [0.4, 0.5) is 4.39 Å². The maximum absolute atomic E-state index is 13.3. The molecule has 2 rings (SSSR count). The highest BCUT2D eigenvalue weighted by molar-refractivity contribution is 5.38. The van der Waals surface area contributed by atoms with E-state index in [9.17, 15) is 4.39 Å². The Labute approximate surface area is 123 Å². The Bertz CT molecular complexity index is 680. The molecule has 2 aromatic rings. The van der Waals surface area contributed by atoms with Crippen LogP contribution >= 0.6 is 0 Å². The van der Waals surface area contributed by atoms with Crippen molar-refractivity contribution in [3.05, 3.63) is 58.7 Å². The summed E-state index contributed by atoms with van der Waals surface area (Å²) in [6.07, 6.45) is 0.602. The topological polar surface area (TPSA) is 71.9 Å². The van der Waals surface area contributed by atoms with Crippen molar-refractivity contribution in [2.24, 2.45) is 5.73 Å². The molecular formula is C16H16FN3O. The monoisotopic (exact) mass is 285 g/mol. The van der Waals surface area contributed by atoms with Gasteiger partial charge in [-0.2, -0.15) is 5.26 Å². The third-order valence-electron chi connectivity index (χ3n) is 3.02. The fourth-order valence-corrected chi connectivity index (χ4v) is 1.99. The van der Waals surface area contributed by atoms with Gasteiger partial charge < -0.3 is 10.5 Å². The second-order valence-electron chi connectivity index (χ2n) is 4.64. The quantitative estimate of drug-likeness (QED) is 0.916. The summed E-state index contributed by atoms with van der Waals surface area (Å²) in [4.78, 5) is 4.39. The number of ether oxygens (including phenoxy) is 1. The molecule has 0 bridgehead atoms. The Morgan fingerprint density at radius 3 is 2.86 bits per heavy atom. The van der Waals surface area contributed by atoms with Gasteiger partial charge >= 0.3 is 0 Å². The second-order valence-corrected chi connectivity index (χ2v) is 4.64. The van der Waals surface area contributed by atoms with Crippen molar-refractivity contribution in [2.45, 2.75) is 20.0 Å². The van der Waals surface area contributed by atoms with Crippen LogP contribution in [0.25, 0.3) is 0 Å². The van der Waals surface area contributed by atoms with E-state index in [2.05, 4.69) is 4.98 Å². The molecule has 0 aliphatic heterocycles. The fraction of sp³-hybridized carbons (Fsp3) is 0.250. The molecule has 0 saturated heterocycles. The highest BCUT2D eigenvalue weighted by Gasteiger charge is 2.08. The predicted octanol–water partition coefficient (Wildman–Crippen LogP) is 2.48. The van der Waals surface area contributed by atoms with Gasteiger partial charge in [0.15, 0.2) is 0 Å². The number of aromatic nitrogens is 1. The molecule has 2 N–H and O–H groups in total. The van der Waals surface area contributed by atoms with Crippen molar-refractivity contribution in [1.82, 2.24) is 4.98 Å². The molecule has 0 saturated carbocycles. The van der Waals surface area contributed by atoms with Crippen LogP contribution < -0.4 is 10.5 Å². The number of pyridine rings is 1. The van der Waals surface area contributed by atoms with E-state index in [4.69, 9.17) is 15.7 Å². The summed E-state index contributed by atoms with van der Waals surface area (Å²) in [6, 6.07) is 9.70. The number of rotatable bonds is 5. The van der Waals surface area contributed by atoms with E-state index in [1.165, 1.54) is 18.2 Å². The Balaban J connectivity index is 2.20. The van der Waals surface area contributed by atoms with Gasteiger partial charge in [0.2, 0.25) is 0 Å². The van der Waals surface area contributed by atoms with Crippen molar-refractivity contribution in [3.63, 3.8) is 0 Å². The van der Waals surface area contributed by atoms with Crippen LogP contribution in [-0.2, 0) is 13.0 Å². The molecule has 4 nitrogen and oxygen atoms in total. The molecular weight excluding hydrogens is 269 g/mol. The summed E-state index contributed by atoms with van der Waals surface area (Å²) in [6.45, 7) is 2.48. The van der Waals surface area contributed by atoms with Crippen molar-refractivity contribution in [3.8, 4) is 11.8 Å². The van der Waals surface area contributed by atoms with Gasteiger partial charge in [-0.1, -0.05) is 0 Å². The average molecular weight is 285 g/mol. The van der Waals surface area contributed by atoms with Crippen LogP contribution in [0.5, 0.6) is 5.75 Å². The van der Waals surface area contributed by atoms with Crippen molar-refractivity contribution in [1.29, 1.82) is 5.26 Å². The number of nitrogens with zero attached hydrogens (tertiary/aromatic N) is 2. The molecule has 1 heterocycles. The van der Waals surface area contributed by atoms with E-state index in [-0.39, 0.29) is 6.61 Å². The standard InChI is InChI=1S/C16H16FN3O/c1-11-2-5-16(15(20-11)6-7-18)21-10-13-8-14(17)4-3-12(13)9-19/h2-5,8H,6-7,10,18H2,1H3. The molecule has 0 unspecified atom stereocenters. The lowest BCUT2D eigenvalue weighted by Gasteiger charge is -2.12. The van der Waals surface area contributed by atoms with Crippen LogP contribution in [0.1, 0.15) is 22.5 Å². The van der Waals surface area contributed by atoms with Crippen LogP contribution in [0, 0.1) is 24.1 Å². The van der Waals surface area contributed by atoms with Gasteiger partial charge in [-0.3, -0.25) is 4.98 Å². The Morgan fingerprint density at radius 2 is 2.14 bits per heavy atom. The van der Waals surface area contributed by atoms with E-state index in [0.29, 0.717) is 29.8 Å². The smallest absolute Gasteiger partial charge is 0.141 e. The Morgan fingerprint density at radius 1 is 1.33 bits per heavy atom. The zero-order valence-corrected chi connectivity index (χ0v) is 11.8. The van der Waals surface area contributed by atoms with E-state index < -0.39 is 5.82 Å². The van der Waals surface area contributed by atoms with Gasteiger partial charge in [0.05, 0.1) is 17.3 Å². The highest BCUT2D eigenvalue weighted by Crippen LogP contribution is 2.20. The number of hydrogen-bond acceptors (Lipinski definition) is 4. The lowest BCUT2D eigenvalue weighted by Crippen LogP contribution is -2.08. The second kappa shape index (κ2) is 6.82. The number of benzene rings is 1. The Hall–Kier alpha value is -2.45. The maximum Gasteiger partial charge on any atom is 0.141 e. The lowest BCUT2D eigenvalue weighted by atomic mass is 10.1. The minimum Gasteiger partial charge on any atom is -0.487 e. The van der Waals surface area contributed by atoms with Gasteiger partial charge in [-0.25, -0.2) is 4.39 Å². The summed E-state index contributed by atoms with van der Waals surface area (Å²) in [5, 5.41) is 9.02. The zero-order valence-electron chi connectivity index (χ0n) is 11.8. The minimum atomic E-state index is -0.392. The van der Waals surface area contributed by atoms with E-state index >= 15 is 0 Å². The number of aryl methyl sites for hydroxylation is 1. The van der Waals surface area contributed by atoms with Crippen LogP contribution in [0.3, 0.4) is 0 Å². The summed E-state index contributed by atoms with van der Waals surface area (Å²) in [5.41, 5.74) is 8.13. The van der Waals surface area contributed by atoms with Crippen molar-refractivity contribution >= 4 is 0 Å². The molecule has 0 atom stereocenters. The summed E-state index contributed by atoms with van der Waals surface area (Å²) in [7, 11) is 0. The molecule has 0 radical (unpaired) electrons. The molecule has 5 heteroatoms. The number of hydrogen-bond donors (Lipinski definition) is 1.